The topological polar surface area (TPSA) is 79.4 Å². The number of benzene rings is 2. The van der Waals surface area contributed by atoms with E-state index in [1.165, 1.54) is 0 Å². The highest BCUT2D eigenvalue weighted by molar-refractivity contribution is 5.87. The molecule has 2 aromatic carbocycles. The van der Waals surface area contributed by atoms with Crippen molar-refractivity contribution < 1.29 is 14.6 Å². The number of methoxy groups -OCH3 is 1. The molecule has 6 heteroatoms. The quantitative estimate of drug-likeness (QED) is 0.444. The van der Waals surface area contributed by atoms with Gasteiger partial charge in [0.15, 0.2) is 0 Å². The van der Waals surface area contributed by atoms with E-state index in [9.17, 15) is 5.11 Å². The number of H-pyrrole nitrogens is 1. The van der Waals surface area contributed by atoms with Crippen molar-refractivity contribution in [2.45, 2.75) is 32.3 Å². The first-order valence-corrected chi connectivity index (χ1v) is 9.82. The number of rotatable bonds is 11. The van der Waals surface area contributed by atoms with Crippen LogP contribution in [0.4, 0.5) is 0 Å². The van der Waals surface area contributed by atoms with E-state index >= 15 is 0 Å². The molecule has 0 spiro atoms. The minimum absolute atomic E-state index is 0.234. The van der Waals surface area contributed by atoms with Crippen molar-refractivity contribution in [2.24, 2.45) is 0 Å². The van der Waals surface area contributed by atoms with Crippen molar-refractivity contribution >= 4 is 10.9 Å². The third-order valence-electron chi connectivity index (χ3n) is 4.69. The van der Waals surface area contributed by atoms with Crippen molar-refractivity contribution in [3.05, 3.63) is 53.7 Å². The van der Waals surface area contributed by atoms with Crippen LogP contribution < -0.4 is 14.8 Å². The molecule has 1 atom stereocenters. The molecule has 150 valence electrons. The lowest BCUT2D eigenvalue weighted by atomic mass is 10.1. The number of nitrogens with one attached hydrogen (secondary N) is 2. The Labute approximate surface area is 165 Å². The van der Waals surface area contributed by atoms with Gasteiger partial charge in [0.2, 0.25) is 0 Å². The van der Waals surface area contributed by atoms with Crippen LogP contribution in [0.15, 0.2) is 42.5 Å². The second-order valence-corrected chi connectivity index (χ2v) is 6.83. The Morgan fingerprint density at radius 3 is 2.75 bits per heavy atom. The molecule has 3 N–H and O–H groups in total. The van der Waals surface area contributed by atoms with E-state index in [0.717, 1.165) is 59.5 Å². The summed E-state index contributed by atoms with van der Waals surface area (Å²) in [4.78, 5) is 0. The van der Waals surface area contributed by atoms with Crippen LogP contribution in [0.25, 0.3) is 10.9 Å². The predicted molar refractivity (Wildman–Crippen MR) is 111 cm³/mol. The largest absolute Gasteiger partial charge is 0.496 e. The smallest absolute Gasteiger partial charge is 0.130 e. The minimum Gasteiger partial charge on any atom is -0.496 e. The number of hydrogen-bond acceptors (Lipinski definition) is 5. The van der Waals surface area contributed by atoms with E-state index < -0.39 is 6.10 Å². The number of aliphatic hydroxyl groups excluding tert-OH is 1. The molecule has 0 saturated heterocycles. The molecule has 3 aromatic rings. The third-order valence-corrected chi connectivity index (χ3v) is 4.69. The molecule has 3 rings (SSSR count). The summed E-state index contributed by atoms with van der Waals surface area (Å²) in [5.41, 5.74) is 3.13. The van der Waals surface area contributed by atoms with Crippen LogP contribution in [0.3, 0.4) is 0 Å². The van der Waals surface area contributed by atoms with Crippen LogP contribution in [0.2, 0.25) is 0 Å². The molecular formula is C22H29N3O3. The minimum atomic E-state index is -0.588. The number of aromatic amines is 1. The summed E-state index contributed by atoms with van der Waals surface area (Å²) in [5.74, 6) is 1.66. The number of aryl methyl sites for hydroxylation is 1. The Balaban J connectivity index is 1.47. The summed E-state index contributed by atoms with van der Waals surface area (Å²) in [6.07, 6.45) is 2.17. The Hall–Kier alpha value is -2.57. The van der Waals surface area contributed by atoms with Gasteiger partial charge in [-0.15, -0.1) is 0 Å². The maximum absolute atomic E-state index is 10.3. The van der Waals surface area contributed by atoms with Gasteiger partial charge >= 0.3 is 0 Å². The molecule has 0 amide bonds. The first-order valence-electron chi connectivity index (χ1n) is 9.82. The SMILES string of the molecule is CCCc1n[nH]c2cccc(OC[C@@H](O)CNCCc3ccccc3OC)c12. The molecule has 1 aromatic heterocycles. The van der Waals surface area contributed by atoms with Crippen LogP contribution in [-0.2, 0) is 12.8 Å². The van der Waals surface area contributed by atoms with Gasteiger partial charge < -0.3 is 19.9 Å². The maximum atomic E-state index is 10.3. The molecule has 0 bridgehead atoms. The molecular weight excluding hydrogens is 354 g/mol. The Morgan fingerprint density at radius 1 is 1.11 bits per heavy atom. The van der Waals surface area contributed by atoms with Gasteiger partial charge in [-0.2, -0.15) is 5.10 Å². The fourth-order valence-corrected chi connectivity index (χ4v) is 3.29. The van der Waals surface area contributed by atoms with Gasteiger partial charge in [0.1, 0.15) is 24.2 Å². The van der Waals surface area contributed by atoms with Crippen molar-refractivity contribution in [2.75, 3.05) is 26.8 Å². The molecule has 0 unspecified atom stereocenters. The summed E-state index contributed by atoms with van der Waals surface area (Å²) in [5, 5.41) is 22.0. The van der Waals surface area contributed by atoms with Crippen molar-refractivity contribution in [3.8, 4) is 11.5 Å². The number of hydrogen-bond donors (Lipinski definition) is 3. The highest BCUT2D eigenvalue weighted by atomic mass is 16.5. The van der Waals surface area contributed by atoms with Crippen molar-refractivity contribution in [1.29, 1.82) is 0 Å². The zero-order valence-corrected chi connectivity index (χ0v) is 16.6. The fourth-order valence-electron chi connectivity index (χ4n) is 3.29. The van der Waals surface area contributed by atoms with Crippen LogP contribution >= 0.6 is 0 Å². The van der Waals surface area contributed by atoms with Gasteiger partial charge in [-0.05, 0) is 43.1 Å². The molecule has 6 nitrogen and oxygen atoms in total. The first kappa shape index (κ1) is 20.2. The van der Waals surface area contributed by atoms with Crippen molar-refractivity contribution in [3.63, 3.8) is 0 Å². The second kappa shape index (κ2) is 10.1. The lowest BCUT2D eigenvalue weighted by molar-refractivity contribution is 0.107. The van der Waals surface area contributed by atoms with Crippen LogP contribution in [0.1, 0.15) is 24.6 Å². The van der Waals surface area contributed by atoms with Crippen LogP contribution in [0, 0.1) is 0 Å². The number of aliphatic hydroxyl groups is 1. The molecule has 0 saturated carbocycles. The lowest BCUT2D eigenvalue weighted by Gasteiger charge is -2.14. The normalized spacial score (nSPS) is 12.2. The number of fused-ring (bicyclic) bond motifs is 1. The van der Waals surface area contributed by atoms with Gasteiger partial charge in [-0.1, -0.05) is 37.6 Å². The summed E-state index contributed by atoms with van der Waals surface area (Å²) >= 11 is 0. The number of para-hydroxylation sites is 1. The molecule has 28 heavy (non-hydrogen) atoms. The summed E-state index contributed by atoms with van der Waals surface area (Å²) in [6.45, 7) is 3.59. The van der Waals surface area contributed by atoms with E-state index in [0.29, 0.717) is 6.54 Å². The fraction of sp³-hybridized carbons (Fsp3) is 0.409. The zero-order chi connectivity index (χ0) is 19.8. The molecule has 0 aliphatic carbocycles. The number of aromatic nitrogens is 2. The van der Waals surface area contributed by atoms with Gasteiger partial charge in [-0.3, -0.25) is 5.10 Å². The average molecular weight is 383 g/mol. The molecule has 0 fully saturated rings. The number of nitrogens with zero attached hydrogens (tertiary/aromatic N) is 1. The number of ether oxygens (including phenoxy) is 2. The highest BCUT2D eigenvalue weighted by Gasteiger charge is 2.12. The van der Waals surface area contributed by atoms with Crippen molar-refractivity contribution in [1.82, 2.24) is 15.5 Å². The standard InChI is InChI=1S/C22H29N3O3/c1-3-7-18-22-19(25-24-18)9-6-11-21(22)28-15-17(26)14-23-13-12-16-8-4-5-10-20(16)27-2/h4-6,8-11,17,23,26H,3,7,12-15H2,1-2H3,(H,24,25)/t17-/m0/s1. The first-order chi connectivity index (χ1) is 13.7. The third kappa shape index (κ3) is 5.03. The summed E-state index contributed by atoms with van der Waals surface area (Å²) in [7, 11) is 1.68. The molecule has 0 radical (unpaired) electrons. The summed E-state index contributed by atoms with van der Waals surface area (Å²) < 4.78 is 11.3. The monoisotopic (exact) mass is 383 g/mol. The maximum Gasteiger partial charge on any atom is 0.130 e. The highest BCUT2D eigenvalue weighted by Crippen LogP contribution is 2.28. The van der Waals surface area contributed by atoms with Gasteiger partial charge in [0, 0.05) is 6.54 Å². The summed E-state index contributed by atoms with van der Waals surface area (Å²) in [6, 6.07) is 13.8. The predicted octanol–water partition coefficient (Wildman–Crippen LogP) is 3.10. The van der Waals surface area contributed by atoms with E-state index in [-0.39, 0.29) is 6.61 Å². The van der Waals surface area contributed by atoms with E-state index in [1.54, 1.807) is 7.11 Å². The van der Waals surface area contributed by atoms with Crippen LogP contribution in [0.5, 0.6) is 11.5 Å². The molecule has 1 heterocycles. The Kier molecular flexibility index (Phi) is 7.28. The van der Waals surface area contributed by atoms with Gasteiger partial charge in [0.05, 0.1) is 23.7 Å². The zero-order valence-electron chi connectivity index (χ0n) is 16.6. The Bertz CT molecular complexity index is 878. The van der Waals surface area contributed by atoms with Gasteiger partial charge in [-0.25, -0.2) is 0 Å². The van der Waals surface area contributed by atoms with Gasteiger partial charge in [0.25, 0.3) is 0 Å². The Morgan fingerprint density at radius 2 is 1.93 bits per heavy atom. The molecule has 0 aliphatic rings. The van der Waals surface area contributed by atoms with E-state index in [4.69, 9.17) is 9.47 Å². The second-order valence-electron chi connectivity index (χ2n) is 6.83. The van der Waals surface area contributed by atoms with E-state index in [1.807, 2.05) is 36.4 Å². The molecule has 0 aliphatic heterocycles. The lowest BCUT2D eigenvalue weighted by Crippen LogP contribution is -2.32. The van der Waals surface area contributed by atoms with E-state index in [2.05, 4.69) is 28.5 Å². The average Bonchev–Trinajstić information content (AvgIpc) is 3.14. The van der Waals surface area contributed by atoms with Crippen LogP contribution in [-0.4, -0.2) is 48.2 Å².